The minimum absolute atomic E-state index is 0.0299. The van der Waals surface area contributed by atoms with Crippen LogP contribution in [0.3, 0.4) is 0 Å². The Labute approximate surface area is 838 Å². The van der Waals surface area contributed by atoms with Crippen LogP contribution in [-0.4, -0.2) is 102 Å². The molecule has 11 nitrogen and oxygen atoms in total. The number of nitrogens with zero attached hydrogens (tertiary/aromatic N) is 3. The summed E-state index contributed by atoms with van der Waals surface area (Å²) < 4.78 is 14.4. The lowest BCUT2D eigenvalue weighted by Crippen LogP contribution is -2.40. The number of halogens is 2. The first-order valence-electron chi connectivity index (χ1n) is 54.3. The number of allylic oxidation sites excluding steroid dienone is 3. The van der Waals surface area contributed by atoms with Gasteiger partial charge in [0, 0.05) is 69.1 Å². The van der Waals surface area contributed by atoms with Gasteiger partial charge in [0.05, 0.1) is 72.6 Å². The molecule has 10 aliphatic carbocycles. The molecule has 22 atom stereocenters. The standard InChI is InChI=1S/C24H37NO3.C24H35NO2S.C24H35NOS.C23H35ClOS.C23H37FOS/c1-3-24(14-9-15-24)23(28)13-8-12-21-20(19(17-25)16-22(21)27)11-7-5-4-6-10-18(2)26;1-3-24(13-6-14-24)23(27)10-5-9-21-20(18(16-25)15-22(21)26)8-4-7-19-12-11-17(2)28-19;1-4-24(16-7-17-24)23(26)11-6-10-21-19(13-15-22(21)25-3)8-5-9-20-14-12-18(2)27-20;2*1-3-23(15-6-16-23)22(25)10-5-9-20-18(12-14-21(20)24)7-4-8-19-13-11-17(2)26-19/h5,7-8,12,19-23,27-28H,3-4,6,9-11,13-16H2,1-2H3;5,9,11-12,18,20-23,26-27H,3-4,6-8,10,13-15H2,1-2H3;6,10,12,14,19,21-23,26H,4-5,7-9,11,13,15-17H2,1-2H3;5,9,11,13,18,20-22,25H,3-4,6-8,10,12,14-16H2,1-2H3;11,13,18,20-22,25H,3-10,12,14-16H2,1-2H3/b7-5-,12-8+;9-5+;10-6+;9-5+;/t19-,20-,21+,22+,23?;18-,20-,21+,22+,23?;19-,21+,22+,23?;2*18-,20+,21+,22?/m00000/s1. The van der Waals surface area contributed by atoms with E-state index in [1.807, 2.05) is 57.5 Å². The number of aliphatic hydroxyl groups is 7. The number of nitriles is 2. The molecule has 0 bridgehead atoms. The highest BCUT2D eigenvalue weighted by Gasteiger charge is 2.49. The predicted molar refractivity (Wildman–Crippen MR) is 565 cm³/mol. The van der Waals surface area contributed by atoms with Crippen LogP contribution in [0.5, 0.6) is 0 Å². The second kappa shape index (κ2) is 56.6. The average molecular weight is 1950 g/mol. The van der Waals surface area contributed by atoms with Crippen LogP contribution in [0.1, 0.15) is 382 Å². The van der Waals surface area contributed by atoms with Crippen LogP contribution < -0.4 is 0 Å². The highest BCUT2D eigenvalue weighted by atomic mass is 35.5. The van der Waals surface area contributed by atoms with Gasteiger partial charge in [-0.05, 0) is 428 Å². The largest absolute Gasteiger partial charge is 0.393 e. The van der Waals surface area contributed by atoms with Gasteiger partial charge in [-0.2, -0.15) is 10.5 Å². The van der Waals surface area contributed by atoms with Gasteiger partial charge in [0.2, 0.25) is 6.04 Å². The molecule has 17 heteroatoms. The molecule has 0 radical (unpaired) electrons. The van der Waals surface area contributed by atoms with Gasteiger partial charge in [0.25, 0.3) is 0 Å². The molecule has 752 valence electrons. The monoisotopic (exact) mass is 1950 g/mol. The number of aliphatic hydroxyl groups excluding tert-OH is 7. The van der Waals surface area contributed by atoms with Crippen molar-refractivity contribution in [2.75, 3.05) is 0 Å². The maximum absolute atomic E-state index is 14.4. The van der Waals surface area contributed by atoms with Crippen molar-refractivity contribution in [3.05, 3.63) is 160 Å². The van der Waals surface area contributed by atoms with Crippen LogP contribution in [0, 0.1) is 155 Å². The maximum atomic E-state index is 14.4. The van der Waals surface area contributed by atoms with Crippen molar-refractivity contribution in [3.8, 4) is 12.1 Å². The Morgan fingerprint density at radius 2 is 0.800 bits per heavy atom. The highest BCUT2D eigenvalue weighted by molar-refractivity contribution is 7.12. The highest BCUT2D eigenvalue weighted by Crippen LogP contribution is 2.54. The third kappa shape index (κ3) is 32.0. The normalized spacial score (nSPS) is 29.4. The van der Waals surface area contributed by atoms with E-state index in [0.29, 0.717) is 55.8 Å². The summed E-state index contributed by atoms with van der Waals surface area (Å²) in [7, 11) is 0. The van der Waals surface area contributed by atoms with E-state index >= 15 is 0 Å². The molecular formula is C118H179ClFN3O8S4. The Morgan fingerprint density at radius 3 is 1.17 bits per heavy atom. The Morgan fingerprint density at radius 1 is 0.452 bits per heavy atom. The smallest absolute Gasteiger partial charge is 0.230 e. The summed E-state index contributed by atoms with van der Waals surface area (Å²) in [6.45, 7) is 28.8. The summed E-state index contributed by atoms with van der Waals surface area (Å²) >= 11 is 14.2. The molecule has 5 unspecified atom stereocenters. The lowest BCUT2D eigenvalue weighted by atomic mass is 9.62. The summed E-state index contributed by atoms with van der Waals surface area (Å²) in [5, 5.41) is 93.4. The maximum Gasteiger partial charge on any atom is 0.230 e. The molecular weight excluding hydrogens is 1770 g/mol. The molecule has 0 spiro atoms. The molecule has 10 fully saturated rings. The summed E-state index contributed by atoms with van der Waals surface area (Å²) in [6, 6.07) is 22.8. The molecule has 0 aliphatic heterocycles. The molecule has 14 rings (SSSR count). The Hall–Kier alpha value is -4.42. The van der Waals surface area contributed by atoms with E-state index in [4.69, 9.17) is 18.2 Å². The molecule has 4 aromatic heterocycles. The number of hydrogen-bond acceptors (Lipinski definition) is 14. The number of Topliss-reactive ketones (excluding diaryl/α,β-unsaturated/α-hetero) is 1. The van der Waals surface area contributed by atoms with E-state index in [1.165, 1.54) is 174 Å². The average Bonchev–Trinajstić information content (AvgIpc) is 1.79. The van der Waals surface area contributed by atoms with Crippen molar-refractivity contribution in [1.29, 1.82) is 10.5 Å². The number of ketones is 1. The second-order valence-corrected chi connectivity index (χ2v) is 50.1. The molecule has 0 amide bonds. The fourth-order valence-corrected chi connectivity index (χ4v) is 29.9. The van der Waals surface area contributed by atoms with Gasteiger partial charge in [-0.1, -0.05) is 134 Å². The molecule has 10 aliphatic rings. The quantitative estimate of drug-likeness (QED) is 0.00963. The number of hydrogen-bond donors (Lipinski definition) is 7. The van der Waals surface area contributed by atoms with Crippen molar-refractivity contribution >= 4 is 62.7 Å². The summed E-state index contributed by atoms with van der Waals surface area (Å²) in [4.78, 5) is 26.3. The predicted octanol–water partition coefficient (Wildman–Crippen LogP) is 30.5. The number of carbonyl (C=O) groups excluding carboxylic acids is 1. The fraction of sp³-hybridized carbons (Fsp3) is 0.746. The fourth-order valence-electron chi connectivity index (χ4n) is 25.8. The molecule has 4 heterocycles. The van der Waals surface area contributed by atoms with Crippen LogP contribution >= 0.6 is 56.9 Å². The van der Waals surface area contributed by atoms with E-state index in [2.05, 4.69) is 176 Å². The Balaban J connectivity index is 0.000000175. The summed E-state index contributed by atoms with van der Waals surface area (Å²) in [5.74, 6) is 3.41. The lowest BCUT2D eigenvalue weighted by Gasteiger charge is -2.45. The van der Waals surface area contributed by atoms with Crippen LogP contribution in [0.25, 0.3) is 4.85 Å². The van der Waals surface area contributed by atoms with E-state index in [1.54, 1.807) is 6.92 Å². The molecule has 4 aromatic rings. The van der Waals surface area contributed by atoms with Crippen molar-refractivity contribution in [2.24, 2.45) is 98.1 Å². The van der Waals surface area contributed by atoms with Crippen molar-refractivity contribution in [2.45, 2.75) is 457 Å². The first kappa shape index (κ1) is 113. The van der Waals surface area contributed by atoms with Gasteiger partial charge in [0.15, 0.2) is 0 Å². The molecule has 135 heavy (non-hydrogen) atoms. The molecule has 7 N–H and O–H groups in total. The summed E-state index contributed by atoms with van der Waals surface area (Å²) in [6.07, 6.45) is 72.4. The minimum Gasteiger partial charge on any atom is -0.393 e. The van der Waals surface area contributed by atoms with Crippen LogP contribution in [0.2, 0.25) is 0 Å². The Kier molecular flexibility index (Phi) is 47.2. The van der Waals surface area contributed by atoms with Gasteiger partial charge < -0.3 is 45.4 Å². The first-order chi connectivity index (χ1) is 65.1. The first-order valence-corrected chi connectivity index (χ1v) is 58.0. The van der Waals surface area contributed by atoms with E-state index in [-0.39, 0.29) is 116 Å². The second-order valence-electron chi connectivity index (χ2n) is 44.1. The zero-order valence-electron chi connectivity index (χ0n) is 84.9. The Bertz CT molecular complexity index is 4350. The van der Waals surface area contributed by atoms with Gasteiger partial charge >= 0.3 is 0 Å². The van der Waals surface area contributed by atoms with Crippen molar-refractivity contribution in [1.82, 2.24) is 0 Å². The van der Waals surface area contributed by atoms with E-state index in [0.717, 1.165) is 166 Å². The van der Waals surface area contributed by atoms with E-state index < -0.39 is 18.4 Å². The number of unbranched alkanes of at least 4 members (excludes halogenated alkanes) is 1. The topological polar surface area (TPSA) is 211 Å². The van der Waals surface area contributed by atoms with Gasteiger partial charge in [-0.15, -0.1) is 56.9 Å². The van der Waals surface area contributed by atoms with Crippen LogP contribution in [0.15, 0.2) is 109 Å². The third-order valence-corrected chi connectivity index (χ3v) is 40.9. The summed E-state index contributed by atoms with van der Waals surface area (Å²) in [5.41, 5.74) is 0.793. The molecule has 10 saturated carbocycles. The van der Waals surface area contributed by atoms with Gasteiger partial charge in [-0.25, -0.2) is 11.0 Å². The third-order valence-electron chi connectivity index (χ3n) is 36.2. The van der Waals surface area contributed by atoms with Gasteiger partial charge in [-0.3, -0.25) is 0 Å². The number of alkyl halides is 2. The van der Waals surface area contributed by atoms with E-state index in [9.17, 15) is 55.5 Å². The minimum atomic E-state index is -0.607. The lowest BCUT2D eigenvalue weighted by molar-refractivity contribution is -0.117. The van der Waals surface area contributed by atoms with Gasteiger partial charge in [0.1, 0.15) is 12.0 Å². The number of rotatable bonds is 48. The molecule has 0 saturated heterocycles. The SMILES string of the molecule is CCC1(C(O)C/C=C/[C@@H]2[C@@H](C/C=C\CCCC(C)=O)[C@H](C#N)C[C@H]2O)CCC1.CCC1(C(O)C/C=C/[C@@H]2[C@@H](CCCc3ccc(C)s3)CC[C@H]2Cl)CCC1.CCC1(C(O)C/C=C/[C@@H]2[C@@H](CCCc3ccc(C)s3)[C@H](C#N)C[C@H]2O)CCC1.CCC1(C(O)CCC[C@@H]2[C@@H](CCCc3ccc(C)s3)CC[C@H]2F)CCC1.[C-]#[N+][C@@H]1CC[C@H](CCCc2ccc(C)s2)[C@H]1/C=C/CC(O)C1(CC)CCC1. The number of thiophene rings is 4. The van der Waals surface area contributed by atoms with Crippen molar-refractivity contribution in [3.63, 3.8) is 0 Å². The van der Waals surface area contributed by atoms with Crippen LogP contribution in [0.4, 0.5) is 4.39 Å². The molecule has 0 aromatic carbocycles. The zero-order chi connectivity index (χ0) is 97.1. The van der Waals surface area contributed by atoms with Crippen molar-refractivity contribution < 1.29 is 44.9 Å². The van der Waals surface area contributed by atoms with Crippen LogP contribution in [-0.2, 0) is 30.5 Å². The number of aryl methyl sites for hydroxylation is 8. The number of carbonyl (C=O) groups is 1. The zero-order valence-corrected chi connectivity index (χ0v) is 88.9.